The smallest absolute Gasteiger partial charge is 0.330 e. The predicted octanol–water partition coefficient (Wildman–Crippen LogP) is 0.801. The molecule has 0 aromatic rings. The van der Waals surface area contributed by atoms with Gasteiger partial charge >= 0.3 is 5.97 Å². The number of esters is 1. The minimum absolute atomic E-state index is 0.112. The summed E-state index contributed by atoms with van der Waals surface area (Å²) < 4.78 is 53.3. The van der Waals surface area contributed by atoms with Gasteiger partial charge in [-0.15, -0.1) is 0 Å². The van der Waals surface area contributed by atoms with E-state index in [0.717, 1.165) is 6.08 Å². The molecular weight excluding hydrogens is 391 g/mol. The molecule has 0 aromatic carbocycles. The van der Waals surface area contributed by atoms with Gasteiger partial charge in [-0.2, -0.15) is 0 Å². The molecular formula is C19H35FO9. The molecule has 29 heavy (non-hydrogen) atoms. The lowest BCUT2D eigenvalue weighted by Crippen LogP contribution is -2.15. The van der Waals surface area contributed by atoms with Crippen molar-refractivity contribution in [2.45, 2.75) is 0 Å². The highest BCUT2D eigenvalue weighted by molar-refractivity contribution is 5.81. The molecule has 0 rings (SSSR count). The number of hydrogen-bond donors (Lipinski definition) is 0. The number of ether oxygens (including phenoxy) is 8. The lowest BCUT2D eigenvalue weighted by atomic mass is 10.6. The summed E-state index contributed by atoms with van der Waals surface area (Å²) in [5.41, 5.74) is 0. The van der Waals surface area contributed by atoms with E-state index in [1.165, 1.54) is 0 Å². The second-order valence-corrected chi connectivity index (χ2v) is 5.35. The highest BCUT2D eigenvalue weighted by Crippen LogP contribution is 1.86. The summed E-state index contributed by atoms with van der Waals surface area (Å²) in [6.45, 7) is 8.97. The monoisotopic (exact) mass is 426 g/mol. The Morgan fingerprint density at radius 2 is 0.828 bits per heavy atom. The normalized spacial score (nSPS) is 10.9. The largest absolute Gasteiger partial charge is 0.460 e. The quantitative estimate of drug-likeness (QED) is 0.126. The molecule has 0 saturated carbocycles. The minimum atomic E-state index is -0.476. The predicted molar refractivity (Wildman–Crippen MR) is 103 cm³/mol. The molecule has 0 unspecified atom stereocenters. The lowest BCUT2D eigenvalue weighted by Gasteiger charge is -2.08. The summed E-state index contributed by atoms with van der Waals surface area (Å²) in [5.74, 6) is -0.460. The molecule has 0 saturated heterocycles. The Hall–Kier alpha value is -1.14. The summed E-state index contributed by atoms with van der Waals surface area (Å²) in [5, 5.41) is 0. The topological polar surface area (TPSA) is 90.9 Å². The standard InChI is InChI=1S/C19H35FO9/c1-2-19(21)29-18-17-28-16-15-27-14-13-26-12-11-25-10-9-24-8-7-23-6-5-22-4-3-20/h2H,1,3-18H2. The minimum Gasteiger partial charge on any atom is -0.460 e. The van der Waals surface area contributed by atoms with Gasteiger partial charge in [0.15, 0.2) is 0 Å². The van der Waals surface area contributed by atoms with Crippen molar-refractivity contribution in [1.29, 1.82) is 0 Å². The van der Waals surface area contributed by atoms with E-state index < -0.39 is 12.6 Å². The molecule has 0 radical (unpaired) electrons. The van der Waals surface area contributed by atoms with Crippen LogP contribution in [0, 0.1) is 0 Å². The summed E-state index contributed by atoms with van der Waals surface area (Å²) >= 11 is 0. The average Bonchev–Trinajstić information content (AvgIpc) is 2.74. The Morgan fingerprint density at radius 3 is 1.10 bits per heavy atom. The zero-order chi connectivity index (χ0) is 21.3. The van der Waals surface area contributed by atoms with E-state index in [9.17, 15) is 9.18 Å². The van der Waals surface area contributed by atoms with Crippen molar-refractivity contribution in [2.75, 3.05) is 106 Å². The van der Waals surface area contributed by atoms with Crippen LogP contribution < -0.4 is 0 Å². The fraction of sp³-hybridized carbons (Fsp3) is 0.842. The Kier molecular flexibility index (Phi) is 23.9. The first-order valence-electron chi connectivity index (χ1n) is 9.70. The fourth-order valence-electron chi connectivity index (χ4n) is 1.74. The second kappa shape index (κ2) is 24.9. The molecule has 0 bridgehead atoms. The van der Waals surface area contributed by atoms with E-state index in [1.807, 2.05) is 0 Å². The SMILES string of the molecule is C=CC(=O)OCCOCCOCCOCCOCCOCCOCCOCCF. The number of carbonyl (C=O) groups is 1. The van der Waals surface area contributed by atoms with Crippen molar-refractivity contribution in [3.05, 3.63) is 12.7 Å². The van der Waals surface area contributed by atoms with Crippen LogP contribution in [0.15, 0.2) is 12.7 Å². The van der Waals surface area contributed by atoms with Crippen molar-refractivity contribution < 1.29 is 47.1 Å². The molecule has 0 atom stereocenters. The summed E-state index contributed by atoms with van der Waals surface area (Å²) in [7, 11) is 0. The van der Waals surface area contributed by atoms with Gasteiger partial charge < -0.3 is 37.9 Å². The molecule has 0 heterocycles. The summed E-state index contributed by atoms with van der Waals surface area (Å²) in [6.07, 6.45) is 1.11. The summed E-state index contributed by atoms with van der Waals surface area (Å²) in [4.78, 5) is 10.8. The zero-order valence-corrected chi connectivity index (χ0v) is 17.2. The molecule has 0 aliphatic rings. The Morgan fingerprint density at radius 1 is 0.552 bits per heavy atom. The number of alkyl halides is 1. The van der Waals surface area contributed by atoms with Gasteiger partial charge in [-0.05, 0) is 0 Å². The Labute approximate surface area is 172 Å². The molecule has 0 spiro atoms. The maximum Gasteiger partial charge on any atom is 0.330 e. The van der Waals surface area contributed by atoms with Crippen LogP contribution in [0.1, 0.15) is 0 Å². The maximum atomic E-state index is 11.7. The third kappa shape index (κ3) is 24.8. The van der Waals surface area contributed by atoms with E-state index in [-0.39, 0.29) is 13.2 Å². The molecule has 0 amide bonds. The maximum absolute atomic E-state index is 11.7. The van der Waals surface area contributed by atoms with Crippen LogP contribution in [0.2, 0.25) is 0 Å². The third-order valence-electron chi connectivity index (χ3n) is 3.09. The van der Waals surface area contributed by atoms with Crippen molar-refractivity contribution in [1.82, 2.24) is 0 Å². The van der Waals surface area contributed by atoms with E-state index >= 15 is 0 Å². The average molecular weight is 426 g/mol. The van der Waals surface area contributed by atoms with Crippen molar-refractivity contribution >= 4 is 5.97 Å². The van der Waals surface area contributed by atoms with Crippen LogP contribution in [0.4, 0.5) is 4.39 Å². The molecule has 0 N–H and O–H groups in total. The van der Waals surface area contributed by atoms with Gasteiger partial charge in [0.05, 0.1) is 92.5 Å². The molecule has 0 fully saturated rings. The number of carbonyl (C=O) groups excluding carboxylic acids is 1. The van der Waals surface area contributed by atoms with Crippen LogP contribution in [0.3, 0.4) is 0 Å². The molecule has 0 aromatic heterocycles. The first-order valence-corrected chi connectivity index (χ1v) is 9.70. The number of rotatable bonds is 24. The van der Waals surface area contributed by atoms with E-state index in [4.69, 9.17) is 37.9 Å². The van der Waals surface area contributed by atoms with Crippen molar-refractivity contribution in [2.24, 2.45) is 0 Å². The number of hydrogen-bond acceptors (Lipinski definition) is 9. The van der Waals surface area contributed by atoms with Gasteiger partial charge in [-0.3, -0.25) is 0 Å². The first-order chi connectivity index (χ1) is 14.3. The van der Waals surface area contributed by atoms with E-state index in [2.05, 4.69) is 6.58 Å². The lowest BCUT2D eigenvalue weighted by molar-refractivity contribution is -0.139. The van der Waals surface area contributed by atoms with Gasteiger partial charge in [0.2, 0.25) is 0 Å². The highest BCUT2D eigenvalue weighted by atomic mass is 19.1. The van der Waals surface area contributed by atoms with Crippen LogP contribution in [-0.4, -0.2) is 112 Å². The van der Waals surface area contributed by atoms with Gasteiger partial charge in [0.1, 0.15) is 13.3 Å². The highest BCUT2D eigenvalue weighted by Gasteiger charge is 1.96. The van der Waals surface area contributed by atoms with Crippen LogP contribution >= 0.6 is 0 Å². The van der Waals surface area contributed by atoms with Gasteiger partial charge in [0.25, 0.3) is 0 Å². The van der Waals surface area contributed by atoms with Crippen LogP contribution in [-0.2, 0) is 42.7 Å². The van der Waals surface area contributed by atoms with E-state index in [1.54, 1.807) is 0 Å². The molecule has 9 nitrogen and oxygen atoms in total. The van der Waals surface area contributed by atoms with Gasteiger partial charge in [-0.25, -0.2) is 9.18 Å². The van der Waals surface area contributed by atoms with Crippen molar-refractivity contribution in [3.8, 4) is 0 Å². The molecule has 0 aliphatic carbocycles. The summed E-state index contributed by atoms with van der Waals surface area (Å²) in [6, 6.07) is 0. The second-order valence-electron chi connectivity index (χ2n) is 5.35. The van der Waals surface area contributed by atoms with Crippen LogP contribution in [0.25, 0.3) is 0 Å². The Balaban J connectivity index is 3.01. The molecule has 10 heteroatoms. The molecule has 0 aliphatic heterocycles. The van der Waals surface area contributed by atoms with E-state index in [0.29, 0.717) is 85.9 Å². The van der Waals surface area contributed by atoms with Crippen molar-refractivity contribution in [3.63, 3.8) is 0 Å². The molecule has 172 valence electrons. The number of halogens is 1. The Bertz CT molecular complexity index is 359. The third-order valence-corrected chi connectivity index (χ3v) is 3.09. The van der Waals surface area contributed by atoms with Crippen LogP contribution in [0.5, 0.6) is 0 Å². The first kappa shape index (κ1) is 27.9. The van der Waals surface area contributed by atoms with Gasteiger partial charge in [-0.1, -0.05) is 6.58 Å². The van der Waals surface area contributed by atoms with Gasteiger partial charge in [0, 0.05) is 6.08 Å². The fourth-order valence-corrected chi connectivity index (χ4v) is 1.74. The zero-order valence-electron chi connectivity index (χ0n) is 17.2.